The van der Waals surface area contributed by atoms with Gasteiger partial charge in [0.1, 0.15) is 5.82 Å². The van der Waals surface area contributed by atoms with Crippen LogP contribution < -0.4 is 70.0 Å². The molecule has 0 bridgehead atoms. The van der Waals surface area contributed by atoms with Crippen molar-refractivity contribution >= 4 is 125 Å². The zero-order valence-corrected chi connectivity index (χ0v) is 52.8. The van der Waals surface area contributed by atoms with Crippen molar-refractivity contribution in [2.45, 2.75) is 76.2 Å². The number of benzene rings is 5. The number of hydrogen-bond donors (Lipinski definition) is 9. The molecule has 0 saturated carbocycles. The minimum Gasteiger partial charge on any atom is -0.399 e. The van der Waals surface area contributed by atoms with E-state index >= 15 is 0 Å². The molecule has 5 heterocycles. The van der Waals surface area contributed by atoms with Gasteiger partial charge in [-0.2, -0.15) is 0 Å². The van der Waals surface area contributed by atoms with Crippen molar-refractivity contribution < 1.29 is 33.7 Å². The topological polar surface area (TPSA) is 437 Å². The number of hydrogen-bond acceptors (Lipinski definition) is 19. The molecule has 494 valence electrons. The van der Waals surface area contributed by atoms with Crippen LogP contribution in [0.3, 0.4) is 0 Å². The van der Waals surface area contributed by atoms with Gasteiger partial charge in [0.25, 0.3) is 22.7 Å². The number of halogens is 5. The van der Waals surface area contributed by atoms with E-state index in [-0.39, 0.29) is 125 Å². The first-order chi connectivity index (χ1) is 40.9. The second-order valence-corrected chi connectivity index (χ2v) is 20.5. The van der Waals surface area contributed by atoms with Gasteiger partial charge in [0.05, 0.1) is 31.8 Å². The summed E-state index contributed by atoms with van der Waals surface area (Å²) in [6, 6.07) is 32.9. The molecule has 90 heavy (non-hydrogen) atoms. The Morgan fingerprint density at radius 1 is 0.489 bits per heavy atom. The number of nitrogen functional groups attached to an aromatic ring is 1. The Morgan fingerprint density at radius 2 is 0.811 bits per heavy atom. The van der Waals surface area contributed by atoms with Gasteiger partial charge in [-0.1, -0.05) is 0 Å². The molecular weight excluding hydrogens is 1260 g/mol. The van der Waals surface area contributed by atoms with Crippen molar-refractivity contribution in [3.63, 3.8) is 0 Å². The average Bonchev–Trinajstić information content (AvgIpc) is 2.45. The van der Waals surface area contributed by atoms with Crippen LogP contribution >= 0.6 is 49.6 Å². The Bertz CT molecular complexity index is 3080. The lowest BCUT2D eigenvalue weighted by Gasteiger charge is -2.18. The predicted octanol–water partition coefficient (Wildman–Crippen LogP) is 5.92. The molecule has 5 saturated heterocycles. The summed E-state index contributed by atoms with van der Waals surface area (Å²) in [6.45, 7) is 11.8. The van der Waals surface area contributed by atoms with E-state index in [4.69, 9.17) is 34.4 Å². The number of nitrogens with zero attached hydrogens (tertiary/aromatic N) is 10. The molecule has 0 spiro atoms. The maximum Gasteiger partial charge on any atom is 0.269 e. The molecule has 34 heteroatoms. The highest BCUT2D eigenvalue weighted by Gasteiger charge is 2.26. The van der Waals surface area contributed by atoms with Crippen LogP contribution in [0.5, 0.6) is 0 Å². The van der Waals surface area contributed by atoms with Gasteiger partial charge in [-0.25, -0.2) is 14.4 Å². The summed E-state index contributed by atoms with van der Waals surface area (Å²) in [5, 5.41) is 50.4. The van der Waals surface area contributed by atoms with Gasteiger partial charge in [-0.3, -0.25) is 50.0 Å². The van der Waals surface area contributed by atoms with E-state index in [1.54, 1.807) is 43.3 Å². The van der Waals surface area contributed by atoms with Crippen LogP contribution in [0, 0.1) is 46.3 Å². The number of guanidine groups is 2. The number of anilines is 5. The minimum absolute atomic E-state index is 0. The molecule has 15 N–H and O–H groups in total. The third-order valence-electron chi connectivity index (χ3n) is 13.9. The molecule has 0 aliphatic carbocycles. The number of rotatable bonds is 12. The molecule has 2 amide bonds. The monoisotopic (exact) mass is 1340 g/mol. The molecule has 5 aliphatic heterocycles. The Labute approximate surface area is 544 Å². The summed E-state index contributed by atoms with van der Waals surface area (Å²) in [7, 11) is 0. The molecular formula is C56H80Cl4FN19O10. The van der Waals surface area contributed by atoms with Gasteiger partial charge in [-0.15, -0.1) is 49.6 Å². The summed E-state index contributed by atoms with van der Waals surface area (Å²) in [5.74, 6) is -0.144. The van der Waals surface area contributed by atoms with E-state index < -0.39 is 20.6 Å². The van der Waals surface area contributed by atoms with Crippen LogP contribution in [0.25, 0.3) is 0 Å². The fourth-order valence-corrected chi connectivity index (χ4v) is 9.68. The SMILES string of the molecule is CC(=O)NC1CCN(c2ccc([N+](=O)[O-])cc2)C1.CC(=O)NC1CCNC1.Cl.Cl.Cl.Cl.NC(N)=NC1CCN(c2ccc(N)cc2)C1.NC(N)=NC1CCN(c2ccc([N+](=O)[O-])cc2)C1.NC1CCN(c2ccc([N+](=O)[O-])cc2)C1.O=[N+]([O-])c1ccc(F)cc1. The average molecular weight is 1340 g/mol. The minimum atomic E-state index is -0.570. The Morgan fingerprint density at radius 3 is 1.13 bits per heavy atom. The number of nitrogens with two attached hydrogens (primary N) is 6. The number of carbonyl (C=O) groups excluding carboxylic acids is 2. The summed E-state index contributed by atoms with van der Waals surface area (Å²) in [5.41, 5.74) is 37.9. The van der Waals surface area contributed by atoms with Crippen molar-refractivity contribution in [2.24, 2.45) is 38.7 Å². The van der Waals surface area contributed by atoms with Crippen molar-refractivity contribution in [2.75, 3.05) is 90.8 Å². The third-order valence-corrected chi connectivity index (χ3v) is 13.9. The van der Waals surface area contributed by atoms with Crippen LogP contribution in [0.1, 0.15) is 46.0 Å². The second-order valence-electron chi connectivity index (χ2n) is 20.5. The largest absolute Gasteiger partial charge is 0.399 e. The first-order valence-corrected chi connectivity index (χ1v) is 27.6. The van der Waals surface area contributed by atoms with Gasteiger partial charge in [0.2, 0.25) is 11.8 Å². The Balaban J connectivity index is 0.000000543. The van der Waals surface area contributed by atoms with Gasteiger partial charge in [0.15, 0.2) is 11.9 Å². The highest BCUT2D eigenvalue weighted by Crippen LogP contribution is 2.27. The summed E-state index contributed by atoms with van der Waals surface area (Å²) >= 11 is 0. The molecule has 5 aromatic carbocycles. The number of nitrogens with one attached hydrogen (secondary N) is 3. The molecule has 10 rings (SSSR count). The van der Waals surface area contributed by atoms with E-state index in [0.29, 0.717) is 6.04 Å². The molecule has 0 aromatic heterocycles. The molecule has 29 nitrogen and oxygen atoms in total. The number of carbonyl (C=O) groups is 2. The molecule has 5 aromatic rings. The van der Waals surface area contributed by atoms with Crippen LogP contribution in [-0.4, -0.2) is 139 Å². The van der Waals surface area contributed by atoms with E-state index in [2.05, 4.69) is 45.5 Å². The number of nitro benzene ring substituents is 4. The number of aliphatic imine (C=N–C) groups is 2. The van der Waals surface area contributed by atoms with Crippen molar-refractivity contribution in [3.8, 4) is 0 Å². The lowest BCUT2D eigenvalue weighted by atomic mass is 10.2. The van der Waals surface area contributed by atoms with Crippen molar-refractivity contribution in [1.82, 2.24) is 16.0 Å². The van der Waals surface area contributed by atoms with Crippen LogP contribution in [0.2, 0.25) is 0 Å². The van der Waals surface area contributed by atoms with Gasteiger partial charge in [-0.05, 0) is 111 Å². The highest BCUT2D eigenvalue weighted by molar-refractivity contribution is 5.86. The van der Waals surface area contributed by atoms with Gasteiger partial charge in [0, 0.05) is 168 Å². The molecule has 5 fully saturated rings. The fraction of sp³-hybridized carbons (Fsp3) is 0.393. The van der Waals surface area contributed by atoms with Crippen LogP contribution in [0.15, 0.2) is 131 Å². The number of nitro groups is 4. The van der Waals surface area contributed by atoms with Crippen LogP contribution in [0.4, 0.5) is 55.6 Å². The van der Waals surface area contributed by atoms with Crippen molar-refractivity contribution in [1.29, 1.82) is 0 Å². The van der Waals surface area contributed by atoms with Gasteiger partial charge < -0.3 is 70.0 Å². The summed E-state index contributed by atoms with van der Waals surface area (Å²) in [6.07, 6.45) is 4.82. The van der Waals surface area contributed by atoms with E-state index in [1.165, 1.54) is 49.0 Å². The smallest absolute Gasteiger partial charge is 0.269 e. The van der Waals surface area contributed by atoms with Gasteiger partial charge >= 0.3 is 0 Å². The Hall–Kier alpha value is -8.81. The second kappa shape index (κ2) is 40.0. The normalized spacial score (nSPS) is 18.1. The highest BCUT2D eigenvalue weighted by atomic mass is 35.5. The third kappa shape index (κ3) is 27.7. The molecule has 0 radical (unpaired) electrons. The quantitative estimate of drug-likeness (QED) is 0.0230. The first kappa shape index (κ1) is 79.2. The Kier molecular flexibility index (Phi) is 35.2. The lowest BCUT2D eigenvalue weighted by molar-refractivity contribution is -0.385. The maximum atomic E-state index is 12.1. The standard InChI is InChI=1S/C12H15N3O3.C11H15N5O2.C11H17N5.C10H13N3O2.C6H4FNO2.C6H12N2O.4ClH/c1-9(16)13-10-6-7-14(8-10)11-2-4-12(5-3-11)15(17)18;12-11(13)14-8-5-6-15(7-8)9-1-3-10(4-2-9)16(17)18;12-8-1-3-10(4-2-8)16-6-5-9(7-16)15-11(13)14;11-8-5-6-12(7-8)9-1-3-10(4-2-9)13(14)15;7-5-1-3-6(4-2-5)8(9)10;1-5(9)8-6-2-3-7-4-6;;;;/h2-5,10H,6-8H2,1H3,(H,13,16);1-4,8H,5-7H2,(H4,12,13,14);1-4,9H,5-7,12H2,(H4,13,14,15);1-4,8H,5-7,11H2;1-4H;6-7H,2-4H2,1H3,(H,8,9);4*1H. The maximum absolute atomic E-state index is 12.1. The lowest BCUT2D eigenvalue weighted by Crippen LogP contribution is -2.35. The number of non-ortho nitro benzene ring substituents is 4. The molecule has 5 atom stereocenters. The summed E-state index contributed by atoms with van der Waals surface area (Å²) in [4.78, 5) is 78.1. The number of amides is 2. The zero-order valence-electron chi connectivity index (χ0n) is 49.6. The van der Waals surface area contributed by atoms with Crippen LogP contribution in [-0.2, 0) is 9.59 Å². The van der Waals surface area contributed by atoms with E-state index in [0.717, 1.165) is 145 Å². The van der Waals surface area contributed by atoms with Crippen molar-refractivity contribution in [3.05, 3.63) is 168 Å². The van der Waals surface area contributed by atoms with E-state index in [1.807, 2.05) is 24.3 Å². The summed E-state index contributed by atoms with van der Waals surface area (Å²) < 4.78 is 12.1. The zero-order chi connectivity index (χ0) is 62.9. The van der Waals surface area contributed by atoms with E-state index in [9.17, 15) is 54.4 Å². The molecule has 5 aliphatic rings. The first-order valence-electron chi connectivity index (χ1n) is 27.6. The predicted molar refractivity (Wildman–Crippen MR) is 359 cm³/mol. The molecule has 5 unspecified atom stereocenters. The fourth-order valence-electron chi connectivity index (χ4n) is 9.68.